The van der Waals surface area contributed by atoms with E-state index in [9.17, 15) is 4.57 Å². The van der Waals surface area contributed by atoms with Gasteiger partial charge in [0.15, 0.2) is 23.0 Å². The molecule has 0 aliphatic rings. The minimum absolute atomic E-state index is 0.00849. The molecule has 8 heteroatoms. The third-order valence-electron chi connectivity index (χ3n) is 3.12. The maximum absolute atomic E-state index is 13.2. The summed E-state index contributed by atoms with van der Waals surface area (Å²) in [6.45, 7) is 0.00849. The molecule has 0 amide bonds. The van der Waals surface area contributed by atoms with Crippen molar-refractivity contribution in [1.82, 2.24) is 5.32 Å². The molecule has 25 heavy (non-hydrogen) atoms. The van der Waals surface area contributed by atoms with Gasteiger partial charge in [-0.1, -0.05) is 24.3 Å². The summed E-state index contributed by atoms with van der Waals surface area (Å²) < 4.78 is 35.0. The minimum Gasteiger partial charge on any atom is -0.493 e. The molecular formula is C17H19N2O5P. The van der Waals surface area contributed by atoms with E-state index in [4.69, 9.17) is 23.8 Å². The molecule has 0 bridgehead atoms. The van der Waals surface area contributed by atoms with E-state index in [1.807, 2.05) is 6.07 Å². The lowest BCUT2D eigenvalue weighted by Gasteiger charge is -2.22. The average Bonchev–Trinajstić information content (AvgIpc) is 2.63. The highest BCUT2D eigenvalue weighted by Crippen LogP contribution is 2.51. The number of nitriles is 1. The zero-order valence-corrected chi connectivity index (χ0v) is 14.9. The van der Waals surface area contributed by atoms with Crippen LogP contribution in [0.25, 0.3) is 0 Å². The van der Waals surface area contributed by atoms with E-state index < -0.39 is 7.60 Å². The Kier molecular flexibility index (Phi) is 6.70. The van der Waals surface area contributed by atoms with Gasteiger partial charge in [0.2, 0.25) is 0 Å². The van der Waals surface area contributed by atoms with Crippen LogP contribution in [0.15, 0.2) is 48.5 Å². The Morgan fingerprint density at radius 3 is 1.76 bits per heavy atom. The van der Waals surface area contributed by atoms with Crippen molar-refractivity contribution in [2.24, 2.45) is 0 Å². The fourth-order valence-corrected chi connectivity index (χ4v) is 3.47. The molecule has 0 spiro atoms. The van der Waals surface area contributed by atoms with Crippen molar-refractivity contribution >= 4 is 7.60 Å². The van der Waals surface area contributed by atoms with Gasteiger partial charge in [-0.25, -0.2) is 4.57 Å². The summed E-state index contributed by atoms with van der Waals surface area (Å²) in [5.74, 6) is 1.40. The van der Waals surface area contributed by atoms with Crippen molar-refractivity contribution in [2.45, 2.75) is 0 Å². The number of methoxy groups -OCH3 is 2. The van der Waals surface area contributed by atoms with E-state index in [-0.39, 0.29) is 24.3 Å². The molecule has 0 saturated carbocycles. The summed E-state index contributed by atoms with van der Waals surface area (Å²) in [5, 5.41) is 11.4. The Morgan fingerprint density at radius 2 is 1.36 bits per heavy atom. The molecule has 132 valence electrons. The standard InChI is InChI=1S/C17H19N2O5P/c1-21-14-7-3-5-9-16(14)23-25(20,13-19-12-11-18)24-17-10-6-4-8-15(17)22-2/h3-10,19H,12-13H2,1-2H3. The smallest absolute Gasteiger partial charge is 0.444 e. The number of benzene rings is 2. The molecule has 0 radical (unpaired) electrons. The maximum atomic E-state index is 13.2. The average molecular weight is 362 g/mol. The fraction of sp³-hybridized carbons (Fsp3) is 0.235. The van der Waals surface area contributed by atoms with Crippen LogP contribution >= 0.6 is 7.60 Å². The number of ether oxygens (including phenoxy) is 2. The second-order valence-electron chi connectivity index (χ2n) is 4.84. The van der Waals surface area contributed by atoms with E-state index in [0.29, 0.717) is 11.5 Å². The van der Waals surface area contributed by atoms with Crippen LogP contribution in [0.4, 0.5) is 0 Å². The summed E-state index contributed by atoms with van der Waals surface area (Å²) >= 11 is 0. The van der Waals surface area contributed by atoms with Crippen LogP contribution in [-0.4, -0.2) is 27.1 Å². The maximum Gasteiger partial charge on any atom is 0.444 e. The van der Waals surface area contributed by atoms with Crippen LogP contribution in [-0.2, 0) is 4.57 Å². The Morgan fingerprint density at radius 1 is 0.920 bits per heavy atom. The van der Waals surface area contributed by atoms with Crippen molar-refractivity contribution in [1.29, 1.82) is 5.26 Å². The van der Waals surface area contributed by atoms with Crippen molar-refractivity contribution < 1.29 is 23.1 Å². The molecule has 0 fully saturated rings. The minimum atomic E-state index is -3.70. The van der Waals surface area contributed by atoms with E-state index in [1.54, 1.807) is 48.5 Å². The summed E-state index contributed by atoms with van der Waals surface area (Å²) in [5.41, 5.74) is 0. The highest BCUT2D eigenvalue weighted by Gasteiger charge is 2.30. The molecule has 2 aromatic carbocycles. The molecule has 0 aliphatic carbocycles. The first kappa shape index (κ1) is 18.7. The van der Waals surface area contributed by atoms with Gasteiger partial charge in [-0.2, -0.15) is 5.26 Å². The molecule has 0 heterocycles. The third kappa shape index (κ3) is 5.15. The van der Waals surface area contributed by atoms with Crippen molar-refractivity contribution in [3.63, 3.8) is 0 Å². The normalized spacial score (nSPS) is 10.6. The second kappa shape index (κ2) is 8.97. The number of para-hydroxylation sites is 4. The van der Waals surface area contributed by atoms with Gasteiger partial charge in [0.25, 0.3) is 0 Å². The molecule has 1 N–H and O–H groups in total. The summed E-state index contributed by atoms with van der Waals surface area (Å²) in [6, 6.07) is 15.5. The Bertz CT molecular complexity index is 737. The number of hydrogen-bond acceptors (Lipinski definition) is 7. The number of nitrogens with one attached hydrogen (secondary N) is 1. The SMILES string of the molecule is COc1ccccc1OP(=O)(CNCC#N)Oc1ccccc1OC. The van der Waals surface area contributed by atoms with E-state index >= 15 is 0 Å². The van der Waals surface area contributed by atoms with Crippen LogP contribution in [0, 0.1) is 11.3 Å². The van der Waals surface area contributed by atoms with Crippen LogP contribution in [0.5, 0.6) is 23.0 Å². The molecule has 2 rings (SSSR count). The monoisotopic (exact) mass is 362 g/mol. The summed E-state index contributed by atoms with van der Waals surface area (Å²) in [6.07, 6.45) is -0.156. The third-order valence-corrected chi connectivity index (χ3v) is 4.68. The molecular weight excluding hydrogens is 343 g/mol. The van der Waals surface area contributed by atoms with Gasteiger partial charge >= 0.3 is 7.60 Å². The topological polar surface area (TPSA) is 89.8 Å². The molecule has 0 unspecified atom stereocenters. The lowest BCUT2D eigenvalue weighted by molar-refractivity contribution is 0.344. The molecule has 0 saturated heterocycles. The van der Waals surface area contributed by atoms with Crippen LogP contribution in [0.2, 0.25) is 0 Å². The highest BCUT2D eigenvalue weighted by atomic mass is 31.2. The van der Waals surface area contributed by atoms with Crippen molar-refractivity contribution in [3.05, 3.63) is 48.5 Å². The quantitative estimate of drug-likeness (QED) is 0.415. The van der Waals surface area contributed by atoms with Gasteiger partial charge in [0, 0.05) is 0 Å². The van der Waals surface area contributed by atoms with Gasteiger partial charge in [-0.15, -0.1) is 0 Å². The summed E-state index contributed by atoms with van der Waals surface area (Å²) in [7, 11) is -0.719. The first-order valence-electron chi connectivity index (χ1n) is 7.44. The van der Waals surface area contributed by atoms with Gasteiger partial charge in [-0.05, 0) is 24.3 Å². The number of nitrogens with zero attached hydrogens (tertiary/aromatic N) is 1. The lowest BCUT2D eigenvalue weighted by atomic mass is 10.3. The van der Waals surface area contributed by atoms with Gasteiger partial charge in [-0.3, -0.25) is 5.32 Å². The lowest BCUT2D eigenvalue weighted by Crippen LogP contribution is -2.20. The first-order valence-corrected chi connectivity index (χ1v) is 9.16. The van der Waals surface area contributed by atoms with Crippen molar-refractivity contribution in [3.8, 4) is 29.1 Å². The predicted molar refractivity (Wildman–Crippen MR) is 93.3 cm³/mol. The molecule has 0 aliphatic heterocycles. The predicted octanol–water partition coefficient (Wildman–Crippen LogP) is 3.43. The van der Waals surface area contributed by atoms with E-state index in [0.717, 1.165) is 0 Å². The largest absolute Gasteiger partial charge is 0.493 e. The fourth-order valence-electron chi connectivity index (χ4n) is 2.02. The van der Waals surface area contributed by atoms with Crippen molar-refractivity contribution in [2.75, 3.05) is 27.1 Å². The van der Waals surface area contributed by atoms with E-state index in [2.05, 4.69) is 5.32 Å². The van der Waals surface area contributed by atoms with Gasteiger partial charge in [0.05, 0.1) is 26.8 Å². The van der Waals surface area contributed by atoms with Crippen LogP contribution in [0.1, 0.15) is 0 Å². The highest BCUT2D eigenvalue weighted by molar-refractivity contribution is 7.54. The second-order valence-corrected chi connectivity index (χ2v) is 6.74. The summed E-state index contributed by atoms with van der Waals surface area (Å²) in [4.78, 5) is 0. The molecule has 0 atom stereocenters. The van der Waals surface area contributed by atoms with Gasteiger partial charge in [0.1, 0.15) is 6.29 Å². The van der Waals surface area contributed by atoms with Crippen LogP contribution < -0.4 is 23.8 Å². The zero-order chi connectivity index (χ0) is 18.1. The zero-order valence-electron chi connectivity index (χ0n) is 14.0. The van der Waals surface area contributed by atoms with E-state index in [1.165, 1.54) is 14.2 Å². The number of rotatable bonds is 9. The Balaban J connectivity index is 2.30. The Labute approximate surface area is 146 Å². The van der Waals surface area contributed by atoms with Gasteiger partial charge < -0.3 is 18.5 Å². The Hall–Kier alpha value is -2.68. The molecule has 2 aromatic rings. The molecule has 0 aromatic heterocycles. The number of hydrogen-bond donors (Lipinski definition) is 1. The molecule has 7 nitrogen and oxygen atoms in total. The van der Waals surface area contributed by atoms with Crippen LogP contribution in [0.3, 0.4) is 0 Å². The first-order chi connectivity index (χ1) is 12.1.